The minimum Gasteiger partial charge on any atom is -0.508 e. The Morgan fingerprint density at radius 2 is 1.96 bits per heavy atom. The zero-order valence-electron chi connectivity index (χ0n) is 13.5. The van der Waals surface area contributed by atoms with Crippen LogP contribution in [0.4, 0.5) is 4.39 Å². The first-order valence-corrected chi connectivity index (χ1v) is 7.99. The highest BCUT2D eigenvalue weighted by atomic mass is 19.1. The second kappa shape index (κ2) is 6.97. The molecule has 0 radical (unpaired) electrons. The van der Waals surface area contributed by atoms with Crippen LogP contribution in [0.25, 0.3) is 0 Å². The maximum Gasteiger partial charge on any atom is 0.256 e. The van der Waals surface area contributed by atoms with Crippen LogP contribution in [-0.4, -0.2) is 52.0 Å². The summed E-state index contributed by atoms with van der Waals surface area (Å²) in [6.45, 7) is 4.60. The standard InChI is InChI=1S/C18H20FN3O2/c1-13(17-4-2-3-7-20-17)21-8-10-22(11-9-21)18(24)15-6-5-14(23)12-16(15)19/h2-7,12-13,23H,8-11H2,1H3. The van der Waals surface area contributed by atoms with E-state index in [1.165, 1.54) is 12.1 Å². The Hall–Kier alpha value is -2.47. The van der Waals surface area contributed by atoms with Crippen molar-refractivity contribution in [3.8, 4) is 5.75 Å². The average Bonchev–Trinajstić information content (AvgIpc) is 2.61. The molecule has 1 aliphatic heterocycles. The van der Waals surface area contributed by atoms with Crippen molar-refractivity contribution in [2.75, 3.05) is 26.2 Å². The quantitative estimate of drug-likeness (QED) is 0.940. The van der Waals surface area contributed by atoms with Crippen LogP contribution in [0.3, 0.4) is 0 Å². The lowest BCUT2D eigenvalue weighted by Crippen LogP contribution is -2.49. The van der Waals surface area contributed by atoms with Crippen molar-refractivity contribution in [1.29, 1.82) is 0 Å². The number of halogens is 1. The SMILES string of the molecule is CC(c1ccccn1)N1CCN(C(=O)c2ccc(O)cc2F)CC1. The normalized spacial score (nSPS) is 16.8. The third-order valence-corrected chi connectivity index (χ3v) is 4.45. The number of aromatic hydroxyl groups is 1. The van der Waals surface area contributed by atoms with E-state index >= 15 is 0 Å². The molecule has 2 heterocycles. The molecular formula is C18H20FN3O2. The van der Waals surface area contributed by atoms with E-state index in [0.29, 0.717) is 26.2 Å². The largest absolute Gasteiger partial charge is 0.508 e. The van der Waals surface area contributed by atoms with Gasteiger partial charge in [0.1, 0.15) is 11.6 Å². The summed E-state index contributed by atoms with van der Waals surface area (Å²) >= 11 is 0. The summed E-state index contributed by atoms with van der Waals surface area (Å²) in [5.74, 6) is -1.21. The first-order chi connectivity index (χ1) is 11.6. The lowest BCUT2D eigenvalue weighted by atomic mass is 10.1. The predicted octanol–water partition coefficient (Wildman–Crippen LogP) is 2.45. The number of hydrogen-bond acceptors (Lipinski definition) is 4. The molecule has 3 rings (SSSR count). The van der Waals surface area contributed by atoms with E-state index in [9.17, 15) is 14.3 Å². The second-order valence-electron chi connectivity index (χ2n) is 5.92. The van der Waals surface area contributed by atoms with E-state index in [0.717, 1.165) is 11.8 Å². The summed E-state index contributed by atoms with van der Waals surface area (Å²) in [4.78, 5) is 20.7. The molecule has 6 heteroatoms. The number of benzene rings is 1. The summed E-state index contributed by atoms with van der Waals surface area (Å²) in [6, 6.07) is 9.64. The Morgan fingerprint density at radius 3 is 2.58 bits per heavy atom. The lowest BCUT2D eigenvalue weighted by molar-refractivity contribution is 0.0574. The topological polar surface area (TPSA) is 56.7 Å². The Bertz CT molecular complexity index is 715. The molecule has 0 aliphatic carbocycles. The number of nitrogens with zero attached hydrogens (tertiary/aromatic N) is 3. The Labute approximate surface area is 140 Å². The molecule has 0 bridgehead atoms. The minimum atomic E-state index is -0.690. The van der Waals surface area contributed by atoms with Gasteiger partial charge in [-0.15, -0.1) is 0 Å². The Kier molecular flexibility index (Phi) is 4.76. The summed E-state index contributed by atoms with van der Waals surface area (Å²) in [5, 5.41) is 9.26. The summed E-state index contributed by atoms with van der Waals surface area (Å²) in [6.07, 6.45) is 1.78. The number of amides is 1. The molecule has 1 aromatic carbocycles. The molecule has 1 fully saturated rings. The molecule has 2 aromatic rings. The average molecular weight is 329 g/mol. The van der Waals surface area contributed by atoms with E-state index in [2.05, 4.69) is 16.8 Å². The fourth-order valence-corrected chi connectivity index (χ4v) is 2.97. The van der Waals surface area contributed by atoms with Gasteiger partial charge in [-0.05, 0) is 31.2 Å². The number of hydrogen-bond donors (Lipinski definition) is 1. The smallest absolute Gasteiger partial charge is 0.256 e. The van der Waals surface area contributed by atoms with Gasteiger partial charge in [-0.2, -0.15) is 0 Å². The van der Waals surface area contributed by atoms with Gasteiger partial charge in [0, 0.05) is 44.5 Å². The number of rotatable bonds is 3. The number of carbonyl (C=O) groups excluding carboxylic acids is 1. The summed E-state index contributed by atoms with van der Waals surface area (Å²) in [7, 11) is 0. The van der Waals surface area contributed by atoms with Crippen LogP contribution in [0.5, 0.6) is 5.75 Å². The molecule has 1 aromatic heterocycles. The van der Waals surface area contributed by atoms with Gasteiger partial charge >= 0.3 is 0 Å². The predicted molar refractivity (Wildman–Crippen MR) is 88.2 cm³/mol. The molecule has 1 unspecified atom stereocenters. The molecule has 126 valence electrons. The van der Waals surface area contributed by atoms with Crippen LogP contribution >= 0.6 is 0 Å². The number of phenolic OH excluding ortho intramolecular Hbond substituents is 1. The fraction of sp³-hybridized carbons (Fsp3) is 0.333. The van der Waals surface area contributed by atoms with Crippen molar-refractivity contribution < 1.29 is 14.3 Å². The zero-order chi connectivity index (χ0) is 17.1. The number of phenols is 1. The molecule has 0 spiro atoms. The molecule has 5 nitrogen and oxygen atoms in total. The maximum absolute atomic E-state index is 13.9. The maximum atomic E-state index is 13.9. The van der Waals surface area contributed by atoms with Gasteiger partial charge in [0.05, 0.1) is 11.3 Å². The van der Waals surface area contributed by atoms with Crippen LogP contribution in [0.1, 0.15) is 29.0 Å². The van der Waals surface area contributed by atoms with Crippen LogP contribution in [0, 0.1) is 5.82 Å². The van der Waals surface area contributed by atoms with Crippen LogP contribution in [0.15, 0.2) is 42.6 Å². The first kappa shape index (κ1) is 16.4. The number of pyridine rings is 1. The van der Waals surface area contributed by atoms with E-state index in [-0.39, 0.29) is 23.3 Å². The minimum absolute atomic E-state index is 0.000903. The van der Waals surface area contributed by atoms with Crippen LogP contribution in [-0.2, 0) is 0 Å². The number of aromatic nitrogens is 1. The van der Waals surface area contributed by atoms with Crippen molar-refractivity contribution in [2.45, 2.75) is 13.0 Å². The van der Waals surface area contributed by atoms with Crippen molar-refractivity contribution >= 4 is 5.91 Å². The van der Waals surface area contributed by atoms with Crippen LogP contribution in [0.2, 0.25) is 0 Å². The van der Waals surface area contributed by atoms with E-state index in [1.807, 2.05) is 18.2 Å². The Balaban J connectivity index is 1.63. The molecule has 24 heavy (non-hydrogen) atoms. The van der Waals surface area contributed by atoms with Gasteiger partial charge in [0.25, 0.3) is 5.91 Å². The highest BCUT2D eigenvalue weighted by Crippen LogP contribution is 2.21. The molecule has 1 saturated heterocycles. The van der Waals surface area contributed by atoms with Gasteiger partial charge in [0.2, 0.25) is 0 Å². The van der Waals surface area contributed by atoms with Gasteiger partial charge in [-0.25, -0.2) is 4.39 Å². The van der Waals surface area contributed by atoms with Crippen molar-refractivity contribution in [1.82, 2.24) is 14.8 Å². The number of piperazine rings is 1. The molecule has 0 saturated carbocycles. The van der Waals surface area contributed by atoms with Crippen LogP contribution < -0.4 is 0 Å². The highest BCUT2D eigenvalue weighted by molar-refractivity contribution is 5.94. The molecule has 1 atom stereocenters. The monoisotopic (exact) mass is 329 g/mol. The number of carbonyl (C=O) groups is 1. The molecule has 1 aliphatic rings. The van der Waals surface area contributed by atoms with Gasteiger partial charge in [-0.3, -0.25) is 14.7 Å². The lowest BCUT2D eigenvalue weighted by Gasteiger charge is -2.37. The van der Waals surface area contributed by atoms with E-state index in [1.54, 1.807) is 11.1 Å². The summed E-state index contributed by atoms with van der Waals surface area (Å²) in [5.41, 5.74) is 1.00. The molecular weight excluding hydrogens is 309 g/mol. The third-order valence-electron chi connectivity index (χ3n) is 4.45. The molecule has 1 amide bonds. The first-order valence-electron chi connectivity index (χ1n) is 7.99. The second-order valence-corrected chi connectivity index (χ2v) is 5.92. The highest BCUT2D eigenvalue weighted by Gasteiger charge is 2.27. The van der Waals surface area contributed by atoms with E-state index < -0.39 is 5.82 Å². The third kappa shape index (κ3) is 3.38. The van der Waals surface area contributed by atoms with Crippen molar-refractivity contribution in [3.05, 3.63) is 59.7 Å². The van der Waals surface area contributed by atoms with Gasteiger partial charge < -0.3 is 10.0 Å². The van der Waals surface area contributed by atoms with E-state index in [4.69, 9.17) is 0 Å². The zero-order valence-corrected chi connectivity index (χ0v) is 13.5. The van der Waals surface area contributed by atoms with Crippen molar-refractivity contribution in [2.24, 2.45) is 0 Å². The Morgan fingerprint density at radius 1 is 1.21 bits per heavy atom. The van der Waals surface area contributed by atoms with Gasteiger partial charge in [-0.1, -0.05) is 6.07 Å². The van der Waals surface area contributed by atoms with Crippen molar-refractivity contribution in [3.63, 3.8) is 0 Å². The fourth-order valence-electron chi connectivity index (χ4n) is 2.97. The van der Waals surface area contributed by atoms with Gasteiger partial charge in [0.15, 0.2) is 0 Å². The summed E-state index contributed by atoms with van der Waals surface area (Å²) < 4.78 is 13.9. The molecule has 1 N–H and O–H groups in total.